The van der Waals surface area contributed by atoms with E-state index in [4.69, 9.17) is 5.11 Å². The van der Waals surface area contributed by atoms with Gasteiger partial charge < -0.3 is 10.4 Å². The number of carbonyl (C=O) groups excluding carboxylic acids is 1. The molecule has 0 fully saturated rings. The standard InChI is InChI=1S/C12H15NO3S/c1-8(17-2)11(14)13-10(12(15)16)9-6-4-3-5-7-9/h3-8,10H,1-2H3,(H,13,14)(H,15,16). The molecule has 1 aromatic rings. The fourth-order valence-electron chi connectivity index (χ4n) is 1.30. The van der Waals surface area contributed by atoms with Gasteiger partial charge in [0.15, 0.2) is 6.04 Å². The summed E-state index contributed by atoms with van der Waals surface area (Å²) in [5.74, 6) is -1.33. The molecule has 0 aromatic heterocycles. The van der Waals surface area contributed by atoms with E-state index >= 15 is 0 Å². The summed E-state index contributed by atoms with van der Waals surface area (Å²) in [6.07, 6.45) is 1.81. The summed E-state index contributed by atoms with van der Waals surface area (Å²) in [5.41, 5.74) is 0.571. The van der Waals surface area contributed by atoms with Gasteiger partial charge in [-0.25, -0.2) is 4.79 Å². The molecule has 2 N–H and O–H groups in total. The second-order valence-corrected chi connectivity index (χ2v) is 4.75. The van der Waals surface area contributed by atoms with Crippen LogP contribution in [0, 0.1) is 0 Å². The molecular formula is C12H15NO3S. The van der Waals surface area contributed by atoms with E-state index in [-0.39, 0.29) is 11.2 Å². The predicted molar refractivity (Wildman–Crippen MR) is 67.9 cm³/mol. The molecule has 1 rings (SSSR count). The van der Waals surface area contributed by atoms with Crippen LogP contribution in [0.25, 0.3) is 0 Å². The topological polar surface area (TPSA) is 66.4 Å². The van der Waals surface area contributed by atoms with Crippen molar-refractivity contribution >= 4 is 23.6 Å². The van der Waals surface area contributed by atoms with E-state index in [1.807, 2.05) is 6.26 Å². The molecule has 0 spiro atoms. The normalized spacial score (nSPS) is 13.8. The van der Waals surface area contributed by atoms with Gasteiger partial charge in [0, 0.05) is 0 Å². The fraction of sp³-hybridized carbons (Fsp3) is 0.333. The third kappa shape index (κ3) is 3.78. The lowest BCUT2D eigenvalue weighted by Gasteiger charge is -2.17. The third-order valence-electron chi connectivity index (χ3n) is 2.39. The van der Waals surface area contributed by atoms with Gasteiger partial charge in [-0.1, -0.05) is 30.3 Å². The summed E-state index contributed by atoms with van der Waals surface area (Å²) in [6, 6.07) is 7.67. The fourth-order valence-corrected chi connectivity index (χ4v) is 1.58. The van der Waals surface area contributed by atoms with Crippen LogP contribution >= 0.6 is 11.8 Å². The Balaban J connectivity index is 2.82. The Bertz CT molecular complexity index is 394. The molecule has 5 heteroatoms. The van der Waals surface area contributed by atoms with E-state index in [0.29, 0.717) is 5.56 Å². The molecule has 92 valence electrons. The van der Waals surface area contributed by atoms with Crippen LogP contribution in [0.3, 0.4) is 0 Å². The minimum absolute atomic E-state index is 0.263. The van der Waals surface area contributed by atoms with Crippen LogP contribution in [0.1, 0.15) is 18.5 Å². The average Bonchev–Trinajstić information content (AvgIpc) is 2.35. The highest BCUT2D eigenvalue weighted by Crippen LogP contribution is 2.14. The maximum absolute atomic E-state index is 11.7. The average molecular weight is 253 g/mol. The smallest absolute Gasteiger partial charge is 0.330 e. The zero-order valence-corrected chi connectivity index (χ0v) is 10.5. The van der Waals surface area contributed by atoms with Crippen LogP contribution in [-0.4, -0.2) is 28.5 Å². The van der Waals surface area contributed by atoms with Crippen molar-refractivity contribution in [2.75, 3.05) is 6.26 Å². The van der Waals surface area contributed by atoms with Gasteiger partial charge in [0.05, 0.1) is 5.25 Å². The number of amides is 1. The number of carboxylic acids is 1. The number of nitrogens with one attached hydrogen (secondary N) is 1. The number of hydrogen-bond acceptors (Lipinski definition) is 3. The summed E-state index contributed by atoms with van der Waals surface area (Å²) < 4.78 is 0. The van der Waals surface area contributed by atoms with E-state index in [1.165, 1.54) is 11.8 Å². The molecule has 0 heterocycles. The summed E-state index contributed by atoms with van der Waals surface area (Å²) in [5, 5.41) is 11.4. The van der Waals surface area contributed by atoms with Crippen LogP contribution in [0.15, 0.2) is 30.3 Å². The van der Waals surface area contributed by atoms with Crippen molar-refractivity contribution in [1.82, 2.24) is 5.32 Å². The van der Waals surface area contributed by atoms with E-state index in [9.17, 15) is 9.59 Å². The number of benzene rings is 1. The van der Waals surface area contributed by atoms with Gasteiger partial charge in [-0.3, -0.25) is 4.79 Å². The molecule has 2 atom stereocenters. The summed E-state index contributed by atoms with van der Waals surface area (Å²) in [4.78, 5) is 22.8. The Hall–Kier alpha value is -1.49. The molecule has 4 nitrogen and oxygen atoms in total. The summed E-state index contributed by atoms with van der Waals surface area (Å²) in [6.45, 7) is 1.74. The quantitative estimate of drug-likeness (QED) is 0.838. The number of carbonyl (C=O) groups is 2. The van der Waals surface area contributed by atoms with Crippen molar-refractivity contribution in [2.24, 2.45) is 0 Å². The van der Waals surface area contributed by atoms with Gasteiger partial charge in [-0.2, -0.15) is 11.8 Å². The molecule has 1 amide bonds. The first-order chi connectivity index (χ1) is 8.06. The maximum atomic E-state index is 11.7. The molecular weight excluding hydrogens is 238 g/mol. The number of carboxylic acid groups (broad SMARTS) is 1. The first kappa shape index (κ1) is 13.6. The lowest BCUT2D eigenvalue weighted by atomic mass is 10.1. The number of hydrogen-bond donors (Lipinski definition) is 2. The first-order valence-corrected chi connectivity index (χ1v) is 6.46. The van der Waals surface area contributed by atoms with E-state index in [0.717, 1.165) is 0 Å². The molecule has 0 saturated heterocycles. The van der Waals surface area contributed by atoms with Crippen molar-refractivity contribution in [3.05, 3.63) is 35.9 Å². The minimum Gasteiger partial charge on any atom is -0.479 e. The molecule has 0 aliphatic heterocycles. The lowest BCUT2D eigenvalue weighted by Crippen LogP contribution is -2.38. The van der Waals surface area contributed by atoms with Gasteiger partial charge in [0.25, 0.3) is 0 Å². The zero-order valence-electron chi connectivity index (χ0n) is 9.71. The van der Waals surface area contributed by atoms with E-state index < -0.39 is 12.0 Å². The number of aliphatic carboxylic acids is 1. The number of thioether (sulfide) groups is 1. The minimum atomic E-state index is -1.06. The van der Waals surface area contributed by atoms with Crippen molar-refractivity contribution in [1.29, 1.82) is 0 Å². The molecule has 0 aliphatic carbocycles. The van der Waals surface area contributed by atoms with E-state index in [1.54, 1.807) is 37.3 Å². The highest BCUT2D eigenvalue weighted by Gasteiger charge is 2.23. The summed E-state index contributed by atoms with van der Waals surface area (Å²) >= 11 is 1.38. The van der Waals surface area contributed by atoms with E-state index in [2.05, 4.69) is 5.32 Å². The largest absolute Gasteiger partial charge is 0.479 e. The van der Waals surface area contributed by atoms with Crippen LogP contribution in [-0.2, 0) is 9.59 Å². The van der Waals surface area contributed by atoms with Gasteiger partial charge in [0.1, 0.15) is 0 Å². The Labute approximate surface area is 104 Å². The van der Waals surface area contributed by atoms with Gasteiger partial charge in [-0.05, 0) is 18.7 Å². The monoisotopic (exact) mass is 253 g/mol. The number of rotatable bonds is 5. The van der Waals surface area contributed by atoms with Crippen LogP contribution < -0.4 is 5.32 Å². The van der Waals surface area contributed by atoms with Gasteiger partial charge >= 0.3 is 5.97 Å². The van der Waals surface area contributed by atoms with Crippen LogP contribution in [0.5, 0.6) is 0 Å². The molecule has 17 heavy (non-hydrogen) atoms. The third-order valence-corrected chi connectivity index (χ3v) is 3.31. The second kappa shape index (κ2) is 6.30. The SMILES string of the molecule is CSC(C)C(=O)NC(C(=O)O)c1ccccc1. The molecule has 0 radical (unpaired) electrons. The lowest BCUT2D eigenvalue weighted by molar-refractivity contribution is -0.141. The highest BCUT2D eigenvalue weighted by atomic mass is 32.2. The Kier molecular flexibility index (Phi) is 5.03. The van der Waals surface area contributed by atoms with Crippen molar-refractivity contribution in [3.8, 4) is 0 Å². The molecule has 0 saturated carbocycles. The van der Waals surface area contributed by atoms with Crippen molar-refractivity contribution in [3.63, 3.8) is 0 Å². The van der Waals surface area contributed by atoms with Crippen LogP contribution in [0.2, 0.25) is 0 Å². The highest BCUT2D eigenvalue weighted by molar-refractivity contribution is 7.99. The maximum Gasteiger partial charge on any atom is 0.330 e. The predicted octanol–water partition coefficient (Wildman–Crippen LogP) is 1.68. The second-order valence-electron chi connectivity index (χ2n) is 3.57. The molecule has 2 unspecified atom stereocenters. The molecule has 0 bridgehead atoms. The Morgan fingerprint density at radius 1 is 1.29 bits per heavy atom. The summed E-state index contributed by atoms with van der Waals surface area (Å²) in [7, 11) is 0. The first-order valence-electron chi connectivity index (χ1n) is 5.17. The van der Waals surface area contributed by atoms with Gasteiger partial charge in [0.2, 0.25) is 5.91 Å². The van der Waals surface area contributed by atoms with Gasteiger partial charge in [-0.15, -0.1) is 0 Å². The van der Waals surface area contributed by atoms with Crippen molar-refractivity contribution < 1.29 is 14.7 Å². The van der Waals surface area contributed by atoms with Crippen molar-refractivity contribution in [2.45, 2.75) is 18.2 Å². The Morgan fingerprint density at radius 2 is 1.88 bits per heavy atom. The Morgan fingerprint density at radius 3 is 2.35 bits per heavy atom. The molecule has 0 aliphatic rings. The van der Waals surface area contributed by atoms with Crippen LogP contribution in [0.4, 0.5) is 0 Å². The molecule has 1 aromatic carbocycles. The zero-order chi connectivity index (χ0) is 12.8.